The zero-order valence-electron chi connectivity index (χ0n) is 21.8. The van der Waals surface area contributed by atoms with Crippen molar-refractivity contribution in [1.82, 2.24) is 9.36 Å². The van der Waals surface area contributed by atoms with E-state index >= 15 is 0 Å². The van der Waals surface area contributed by atoms with E-state index < -0.39 is 34.6 Å². The molecule has 0 saturated carbocycles. The summed E-state index contributed by atoms with van der Waals surface area (Å²) in [6, 6.07) is 4.25. The Kier molecular flexibility index (Phi) is 8.45. The minimum absolute atomic E-state index is 0.0312. The molecule has 1 aromatic heterocycles. The molecule has 35 heavy (non-hydrogen) atoms. The van der Waals surface area contributed by atoms with E-state index in [1.165, 1.54) is 0 Å². The monoisotopic (exact) mass is 495 g/mol. The zero-order chi connectivity index (χ0) is 26.8. The lowest BCUT2D eigenvalue weighted by molar-refractivity contribution is -0.137. The van der Waals surface area contributed by atoms with Gasteiger partial charge in [-0.1, -0.05) is 54.9 Å². The number of carbonyl (C=O) groups excluding carboxylic acids is 2. The molecule has 2 rings (SSSR count). The number of nitrogens with zero attached hydrogens (tertiary/aromatic N) is 3. The molecule has 0 bridgehead atoms. The number of halogens is 3. The molecule has 6 nitrogen and oxygen atoms in total. The number of benzene rings is 1. The van der Waals surface area contributed by atoms with Crippen molar-refractivity contribution >= 4 is 11.9 Å². The maximum absolute atomic E-state index is 13.4. The average molecular weight is 496 g/mol. The van der Waals surface area contributed by atoms with Gasteiger partial charge in [0.2, 0.25) is 0 Å². The maximum atomic E-state index is 13.4. The molecule has 1 heterocycles. The normalized spacial score (nSPS) is 13.3. The average Bonchev–Trinajstić information content (AvgIpc) is 2.99. The lowest BCUT2D eigenvalue weighted by atomic mass is 9.92. The Morgan fingerprint density at radius 1 is 1.03 bits per heavy atom. The van der Waals surface area contributed by atoms with E-state index in [2.05, 4.69) is 4.99 Å². The van der Waals surface area contributed by atoms with Gasteiger partial charge in [-0.05, 0) is 30.0 Å². The van der Waals surface area contributed by atoms with Crippen molar-refractivity contribution in [1.29, 1.82) is 0 Å². The molecule has 0 aliphatic rings. The van der Waals surface area contributed by atoms with Crippen LogP contribution < -0.4 is 10.2 Å². The van der Waals surface area contributed by atoms with Crippen LogP contribution in [0.1, 0.15) is 89.3 Å². The van der Waals surface area contributed by atoms with Crippen LogP contribution in [0.5, 0.6) is 5.75 Å². The summed E-state index contributed by atoms with van der Waals surface area (Å²) >= 11 is 0. The molecule has 1 amide bonds. The minimum Gasteiger partial charge on any atom is -0.426 e. The number of esters is 1. The molecule has 1 aromatic carbocycles. The van der Waals surface area contributed by atoms with Crippen LogP contribution in [0.4, 0.5) is 13.2 Å². The lowest BCUT2D eigenvalue weighted by Gasteiger charge is -2.20. The molecule has 0 radical (unpaired) electrons. The van der Waals surface area contributed by atoms with Crippen molar-refractivity contribution in [2.24, 2.45) is 17.5 Å². The molecular formula is C26H36F3N3O3. The standard InChI is InChI=1S/C26H36F3N3O3/c1-9-10-13-32-21(15-20(31(32)8)25(5,6)7)30-23(34)18-14-17(26(27,28)29)11-12-19(18)35-22(33)16-24(2,3)4/h11-12,14-15H,9-10,13,16H2,1-8H3. The predicted octanol–water partition coefficient (Wildman–Crippen LogP) is 6.03. The largest absolute Gasteiger partial charge is 0.426 e. The number of rotatable bonds is 6. The Balaban J connectivity index is 2.64. The van der Waals surface area contributed by atoms with Gasteiger partial charge in [-0.2, -0.15) is 18.2 Å². The second-order valence-electron chi connectivity index (χ2n) is 11.0. The Bertz CT molecular complexity index is 1140. The zero-order valence-corrected chi connectivity index (χ0v) is 21.8. The van der Waals surface area contributed by atoms with E-state index in [0.29, 0.717) is 18.1 Å². The quantitative estimate of drug-likeness (QED) is 0.363. The summed E-state index contributed by atoms with van der Waals surface area (Å²) in [4.78, 5) is 29.8. The van der Waals surface area contributed by atoms with Gasteiger partial charge in [0.1, 0.15) is 5.75 Å². The summed E-state index contributed by atoms with van der Waals surface area (Å²) in [7, 11) is 1.86. The molecule has 9 heteroatoms. The summed E-state index contributed by atoms with van der Waals surface area (Å²) < 4.78 is 49.3. The Morgan fingerprint density at radius 2 is 1.66 bits per heavy atom. The van der Waals surface area contributed by atoms with E-state index in [1.54, 1.807) is 6.07 Å². The summed E-state index contributed by atoms with van der Waals surface area (Å²) in [5, 5.41) is 0. The number of amides is 1. The van der Waals surface area contributed by atoms with Gasteiger partial charge >= 0.3 is 12.1 Å². The van der Waals surface area contributed by atoms with Crippen LogP contribution in [0, 0.1) is 5.41 Å². The number of carbonyl (C=O) groups is 2. The molecule has 0 saturated heterocycles. The lowest BCUT2D eigenvalue weighted by Crippen LogP contribution is -2.25. The fraction of sp³-hybridized carbons (Fsp3) is 0.577. The number of ether oxygens (including phenoxy) is 1. The van der Waals surface area contributed by atoms with Gasteiger partial charge in [0.25, 0.3) is 5.91 Å². The van der Waals surface area contributed by atoms with E-state index in [1.807, 2.05) is 64.9 Å². The first-order valence-corrected chi connectivity index (χ1v) is 11.7. The highest BCUT2D eigenvalue weighted by Crippen LogP contribution is 2.33. The second-order valence-corrected chi connectivity index (χ2v) is 11.0. The van der Waals surface area contributed by atoms with Crippen molar-refractivity contribution < 1.29 is 27.5 Å². The number of alkyl halides is 3. The van der Waals surface area contributed by atoms with E-state index in [4.69, 9.17) is 4.74 Å². The number of hydrogen-bond donors (Lipinski definition) is 0. The molecule has 0 aliphatic carbocycles. The van der Waals surface area contributed by atoms with Gasteiger partial charge in [0, 0.05) is 30.8 Å². The molecule has 0 spiro atoms. The van der Waals surface area contributed by atoms with Gasteiger partial charge in [-0.25, -0.2) is 0 Å². The molecule has 0 fully saturated rings. The van der Waals surface area contributed by atoms with Crippen LogP contribution in [-0.2, 0) is 30.0 Å². The second kappa shape index (κ2) is 10.4. The first-order chi connectivity index (χ1) is 15.9. The van der Waals surface area contributed by atoms with E-state index in [9.17, 15) is 22.8 Å². The summed E-state index contributed by atoms with van der Waals surface area (Å²) in [6.45, 7) is 14.2. The number of unbranched alkanes of at least 4 members (excludes halogenated alkanes) is 1. The minimum atomic E-state index is -4.67. The van der Waals surface area contributed by atoms with Crippen molar-refractivity contribution in [3.63, 3.8) is 0 Å². The molecule has 2 aromatic rings. The molecule has 0 unspecified atom stereocenters. The molecular weight excluding hydrogens is 459 g/mol. The van der Waals surface area contributed by atoms with Crippen LogP contribution in [-0.4, -0.2) is 21.2 Å². The van der Waals surface area contributed by atoms with Crippen LogP contribution in [0.2, 0.25) is 0 Å². The molecule has 0 aliphatic heterocycles. The van der Waals surface area contributed by atoms with Crippen LogP contribution >= 0.6 is 0 Å². The highest BCUT2D eigenvalue weighted by atomic mass is 19.4. The van der Waals surface area contributed by atoms with E-state index in [0.717, 1.165) is 30.7 Å². The molecule has 194 valence electrons. The smallest absolute Gasteiger partial charge is 0.416 e. The SMILES string of the molecule is CCCCn1c(=NC(=O)c2cc(C(F)(F)F)ccc2OC(=O)CC(C)(C)C)cc(C(C)(C)C)n1C. The maximum Gasteiger partial charge on any atom is 0.416 e. The van der Waals surface area contributed by atoms with Crippen molar-refractivity contribution in [3.8, 4) is 5.75 Å². The fourth-order valence-corrected chi connectivity index (χ4v) is 3.66. The Morgan fingerprint density at radius 3 is 2.17 bits per heavy atom. The van der Waals surface area contributed by atoms with Gasteiger partial charge in [0.05, 0.1) is 17.5 Å². The van der Waals surface area contributed by atoms with Crippen LogP contribution in [0.25, 0.3) is 0 Å². The highest BCUT2D eigenvalue weighted by Gasteiger charge is 2.32. The first-order valence-electron chi connectivity index (χ1n) is 11.7. The number of aromatic nitrogens is 2. The van der Waals surface area contributed by atoms with Crippen LogP contribution in [0.3, 0.4) is 0 Å². The van der Waals surface area contributed by atoms with Gasteiger partial charge in [-0.3, -0.25) is 19.0 Å². The van der Waals surface area contributed by atoms with Crippen LogP contribution in [0.15, 0.2) is 29.3 Å². The first kappa shape index (κ1) is 28.4. The van der Waals surface area contributed by atoms with Gasteiger partial charge in [0.15, 0.2) is 5.49 Å². The highest BCUT2D eigenvalue weighted by molar-refractivity contribution is 5.98. The third-order valence-corrected chi connectivity index (χ3v) is 5.38. The van der Waals surface area contributed by atoms with Crippen molar-refractivity contribution in [2.75, 3.05) is 0 Å². The van der Waals surface area contributed by atoms with Gasteiger partial charge < -0.3 is 4.74 Å². The van der Waals surface area contributed by atoms with E-state index in [-0.39, 0.29) is 17.6 Å². The summed E-state index contributed by atoms with van der Waals surface area (Å²) in [5.74, 6) is -1.79. The third-order valence-electron chi connectivity index (χ3n) is 5.38. The predicted molar refractivity (Wildman–Crippen MR) is 128 cm³/mol. The topological polar surface area (TPSA) is 65.6 Å². The third kappa shape index (κ3) is 7.57. The fourth-order valence-electron chi connectivity index (χ4n) is 3.66. The number of hydrogen-bond acceptors (Lipinski definition) is 3. The molecule has 0 N–H and O–H groups in total. The Hall–Kier alpha value is -2.84. The van der Waals surface area contributed by atoms with Crippen molar-refractivity contribution in [2.45, 2.75) is 85.9 Å². The van der Waals surface area contributed by atoms with Crippen molar-refractivity contribution in [3.05, 3.63) is 46.6 Å². The Labute approximate surface area is 204 Å². The summed E-state index contributed by atoms with van der Waals surface area (Å²) in [5.41, 5.74) is -0.820. The molecule has 0 atom stereocenters. The van der Waals surface area contributed by atoms with Gasteiger partial charge in [-0.15, -0.1) is 0 Å². The summed E-state index contributed by atoms with van der Waals surface area (Å²) in [6.07, 6.45) is -2.89.